The van der Waals surface area contributed by atoms with E-state index < -0.39 is 0 Å². The minimum absolute atomic E-state index is 0.0216. The fraction of sp³-hybridized carbons (Fsp3) is 0.929. The highest BCUT2D eigenvalue weighted by atomic mass is 16.2. The Kier molecular flexibility index (Phi) is 5.01. The molecule has 0 radical (unpaired) electrons. The molecule has 2 fully saturated rings. The molecule has 4 nitrogen and oxygen atoms in total. The number of likely N-dealkylation sites (tertiary alicyclic amines) is 1. The molecule has 1 aliphatic heterocycles. The maximum absolute atomic E-state index is 12.2. The van der Waals surface area contributed by atoms with Gasteiger partial charge in [-0.1, -0.05) is 12.8 Å². The quantitative estimate of drug-likeness (QED) is 0.771. The van der Waals surface area contributed by atoms with Gasteiger partial charge in [-0.3, -0.25) is 9.69 Å². The van der Waals surface area contributed by atoms with Gasteiger partial charge in [-0.05, 0) is 51.6 Å². The van der Waals surface area contributed by atoms with Gasteiger partial charge in [0.2, 0.25) is 5.91 Å². The molecule has 104 valence electrons. The lowest BCUT2D eigenvalue weighted by atomic mass is 10.1. The van der Waals surface area contributed by atoms with Gasteiger partial charge in [-0.2, -0.15) is 0 Å². The third-order valence-corrected chi connectivity index (χ3v) is 4.52. The highest BCUT2D eigenvalue weighted by Crippen LogP contribution is 2.22. The second kappa shape index (κ2) is 6.53. The predicted octanol–water partition coefficient (Wildman–Crippen LogP) is 1.10. The Bertz CT molecular complexity index is 276. The van der Waals surface area contributed by atoms with E-state index in [1.807, 2.05) is 6.92 Å². The van der Waals surface area contributed by atoms with Gasteiger partial charge in [0.25, 0.3) is 0 Å². The molecule has 1 saturated heterocycles. The van der Waals surface area contributed by atoms with Crippen LogP contribution in [0.5, 0.6) is 0 Å². The van der Waals surface area contributed by atoms with Crippen LogP contribution >= 0.6 is 0 Å². The van der Waals surface area contributed by atoms with Gasteiger partial charge in [-0.25, -0.2) is 0 Å². The van der Waals surface area contributed by atoms with Crippen LogP contribution < -0.4 is 11.1 Å². The molecule has 18 heavy (non-hydrogen) atoms. The van der Waals surface area contributed by atoms with Gasteiger partial charge < -0.3 is 11.1 Å². The van der Waals surface area contributed by atoms with Crippen LogP contribution in [0.3, 0.4) is 0 Å². The van der Waals surface area contributed by atoms with E-state index >= 15 is 0 Å². The maximum atomic E-state index is 12.2. The molecule has 1 heterocycles. The molecule has 1 aliphatic carbocycles. The van der Waals surface area contributed by atoms with E-state index in [1.54, 1.807) is 0 Å². The minimum atomic E-state index is 0.0216. The molecule has 3 N–H and O–H groups in total. The summed E-state index contributed by atoms with van der Waals surface area (Å²) < 4.78 is 0. The highest BCUT2D eigenvalue weighted by Gasteiger charge is 2.30. The third kappa shape index (κ3) is 3.45. The summed E-state index contributed by atoms with van der Waals surface area (Å²) >= 11 is 0. The topological polar surface area (TPSA) is 58.4 Å². The van der Waals surface area contributed by atoms with Gasteiger partial charge in [0.1, 0.15) is 0 Å². The molecule has 1 saturated carbocycles. The number of rotatable bonds is 5. The zero-order valence-corrected chi connectivity index (χ0v) is 11.5. The molecule has 1 amide bonds. The van der Waals surface area contributed by atoms with Crippen LogP contribution in [0.1, 0.15) is 45.4 Å². The summed E-state index contributed by atoms with van der Waals surface area (Å²) in [6.07, 6.45) is 7.14. The molecule has 0 aromatic carbocycles. The molecule has 0 bridgehead atoms. The van der Waals surface area contributed by atoms with Crippen molar-refractivity contribution in [3.8, 4) is 0 Å². The molecular formula is C14H27N3O. The standard InChI is InChI=1S/C14H27N3O/c1-11(14(18)16-13-4-2-3-5-13)17-9-7-12(10-17)6-8-15/h11-13H,2-10,15H2,1H3,(H,16,18). The predicted molar refractivity (Wildman–Crippen MR) is 73.2 cm³/mol. The number of nitrogens with one attached hydrogen (secondary N) is 1. The Labute approximate surface area is 110 Å². The van der Waals surface area contributed by atoms with Crippen molar-refractivity contribution in [2.75, 3.05) is 19.6 Å². The Morgan fingerprint density at radius 2 is 2.11 bits per heavy atom. The summed E-state index contributed by atoms with van der Waals surface area (Å²) in [5.74, 6) is 0.909. The van der Waals surface area contributed by atoms with Crippen molar-refractivity contribution in [1.82, 2.24) is 10.2 Å². The molecule has 4 heteroatoms. The number of carbonyl (C=O) groups excluding carboxylic acids is 1. The lowest BCUT2D eigenvalue weighted by molar-refractivity contribution is -0.126. The number of nitrogens with two attached hydrogens (primary N) is 1. The summed E-state index contributed by atoms with van der Waals surface area (Å²) in [5, 5.41) is 3.20. The normalized spacial score (nSPS) is 27.6. The lowest BCUT2D eigenvalue weighted by Gasteiger charge is -2.25. The van der Waals surface area contributed by atoms with Crippen molar-refractivity contribution in [1.29, 1.82) is 0 Å². The molecule has 0 aromatic rings. The molecule has 2 unspecified atom stereocenters. The number of hydrogen-bond acceptors (Lipinski definition) is 3. The summed E-state index contributed by atoms with van der Waals surface area (Å²) in [6.45, 7) is 4.89. The van der Waals surface area contributed by atoms with Crippen LogP contribution in [-0.2, 0) is 4.79 Å². The van der Waals surface area contributed by atoms with E-state index in [0.29, 0.717) is 12.0 Å². The molecule has 2 aliphatic rings. The highest BCUT2D eigenvalue weighted by molar-refractivity contribution is 5.81. The van der Waals surface area contributed by atoms with Crippen molar-refractivity contribution in [2.24, 2.45) is 11.7 Å². The fourth-order valence-electron chi connectivity index (χ4n) is 3.24. The largest absolute Gasteiger partial charge is 0.352 e. The Balaban J connectivity index is 1.76. The monoisotopic (exact) mass is 253 g/mol. The first-order valence-corrected chi connectivity index (χ1v) is 7.45. The van der Waals surface area contributed by atoms with Gasteiger partial charge in [0.15, 0.2) is 0 Å². The first-order valence-electron chi connectivity index (χ1n) is 7.45. The zero-order valence-electron chi connectivity index (χ0n) is 11.5. The molecule has 2 atom stereocenters. The van der Waals surface area contributed by atoms with Crippen LogP contribution in [0.15, 0.2) is 0 Å². The number of carbonyl (C=O) groups is 1. The van der Waals surface area contributed by atoms with Crippen molar-refractivity contribution in [2.45, 2.75) is 57.5 Å². The van der Waals surface area contributed by atoms with Gasteiger partial charge >= 0.3 is 0 Å². The average Bonchev–Trinajstić information content (AvgIpc) is 3.00. The molecule has 0 aromatic heterocycles. The van der Waals surface area contributed by atoms with Crippen LogP contribution in [0.4, 0.5) is 0 Å². The van der Waals surface area contributed by atoms with Crippen LogP contribution in [-0.4, -0.2) is 42.5 Å². The molecule has 2 rings (SSSR count). The third-order valence-electron chi connectivity index (χ3n) is 4.52. The first kappa shape index (κ1) is 13.8. The van der Waals surface area contributed by atoms with Crippen LogP contribution in [0, 0.1) is 5.92 Å². The smallest absolute Gasteiger partial charge is 0.237 e. The van der Waals surface area contributed by atoms with Gasteiger partial charge in [-0.15, -0.1) is 0 Å². The number of hydrogen-bond donors (Lipinski definition) is 2. The Morgan fingerprint density at radius 1 is 1.39 bits per heavy atom. The second-order valence-corrected chi connectivity index (χ2v) is 5.89. The van der Waals surface area contributed by atoms with E-state index in [2.05, 4.69) is 10.2 Å². The average molecular weight is 253 g/mol. The second-order valence-electron chi connectivity index (χ2n) is 5.89. The molecule has 0 spiro atoms. The summed E-state index contributed by atoms with van der Waals surface area (Å²) in [7, 11) is 0. The summed E-state index contributed by atoms with van der Waals surface area (Å²) in [6, 6.07) is 0.454. The van der Waals surface area contributed by atoms with E-state index in [1.165, 1.54) is 19.3 Å². The van der Waals surface area contributed by atoms with Crippen LogP contribution in [0.2, 0.25) is 0 Å². The number of amides is 1. The number of nitrogens with zero attached hydrogens (tertiary/aromatic N) is 1. The molecular weight excluding hydrogens is 226 g/mol. The van der Waals surface area contributed by atoms with Crippen molar-refractivity contribution in [3.05, 3.63) is 0 Å². The Morgan fingerprint density at radius 3 is 2.78 bits per heavy atom. The lowest BCUT2D eigenvalue weighted by Crippen LogP contribution is -2.47. The Hall–Kier alpha value is -0.610. The van der Waals surface area contributed by atoms with Crippen molar-refractivity contribution < 1.29 is 4.79 Å². The van der Waals surface area contributed by atoms with Crippen LogP contribution in [0.25, 0.3) is 0 Å². The van der Waals surface area contributed by atoms with Crippen molar-refractivity contribution >= 4 is 5.91 Å². The first-order chi connectivity index (χ1) is 8.70. The summed E-state index contributed by atoms with van der Waals surface area (Å²) in [4.78, 5) is 14.5. The maximum Gasteiger partial charge on any atom is 0.237 e. The fourth-order valence-corrected chi connectivity index (χ4v) is 3.24. The van der Waals surface area contributed by atoms with E-state index in [-0.39, 0.29) is 11.9 Å². The zero-order chi connectivity index (χ0) is 13.0. The van der Waals surface area contributed by atoms with E-state index in [9.17, 15) is 4.79 Å². The van der Waals surface area contributed by atoms with Gasteiger partial charge in [0.05, 0.1) is 6.04 Å². The van der Waals surface area contributed by atoms with E-state index in [4.69, 9.17) is 5.73 Å². The van der Waals surface area contributed by atoms with Gasteiger partial charge in [0, 0.05) is 12.6 Å². The van der Waals surface area contributed by atoms with Crippen molar-refractivity contribution in [3.63, 3.8) is 0 Å². The minimum Gasteiger partial charge on any atom is -0.352 e. The SMILES string of the molecule is CC(C(=O)NC1CCCC1)N1CCC(CCN)C1. The summed E-state index contributed by atoms with van der Waals surface area (Å²) in [5.41, 5.74) is 5.60. The van der Waals surface area contributed by atoms with E-state index in [0.717, 1.165) is 38.9 Å².